The number of nitrogen functional groups attached to an aromatic ring is 1. The molecular weight excluding hydrogens is 376 g/mol. The molecule has 0 saturated heterocycles. The van der Waals surface area contributed by atoms with Gasteiger partial charge in [-0.05, 0) is 31.9 Å². The van der Waals surface area contributed by atoms with Gasteiger partial charge in [0.1, 0.15) is 15.4 Å². The summed E-state index contributed by atoms with van der Waals surface area (Å²) in [6, 6.07) is 4.59. The minimum Gasteiger partial charge on any atom is -0.397 e. The average molecular weight is 391 g/mol. The lowest BCUT2D eigenvalue weighted by atomic mass is 10.1. The van der Waals surface area contributed by atoms with Crippen LogP contribution in [0.3, 0.4) is 0 Å². The minimum absolute atomic E-state index is 0.151. The third kappa shape index (κ3) is 2.87. The van der Waals surface area contributed by atoms with Crippen molar-refractivity contribution in [3.8, 4) is 0 Å². The number of hydrogen-bond acceptors (Lipinski definition) is 6. The van der Waals surface area contributed by atoms with Gasteiger partial charge in [-0.1, -0.05) is 23.7 Å². The molecular formula is C17H15ClN4O3S. The van der Waals surface area contributed by atoms with Gasteiger partial charge in [0.15, 0.2) is 0 Å². The minimum atomic E-state index is -0.536. The van der Waals surface area contributed by atoms with Crippen molar-refractivity contribution in [3.63, 3.8) is 0 Å². The summed E-state index contributed by atoms with van der Waals surface area (Å²) in [5.41, 5.74) is 8.40. The third-order valence-corrected chi connectivity index (χ3v) is 5.77. The fraction of sp³-hybridized carbons (Fsp3) is 0.176. The molecule has 0 aliphatic heterocycles. The van der Waals surface area contributed by atoms with Crippen LogP contribution in [0.2, 0.25) is 5.02 Å². The first-order valence-electron chi connectivity index (χ1n) is 7.62. The van der Waals surface area contributed by atoms with E-state index in [4.69, 9.17) is 17.3 Å². The summed E-state index contributed by atoms with van der Waals surface area (Å²) in [6.07, 6.45) is 0. The predicted octanol–water partition coefficient (Wildman–Crippen LogP) is 4.62. The summed E-state index contributed by atoms with van der Waals surface area (Å²) in [4.78, 5) is 28.7. The third-order valence-electron chi connectivity index (χ3n) is 4.11. The van der Waals surface area contributed by atoms with E-state index in [1.807, 2.05) is 6.92 Å². The van der Waals surface area contributed by atoms with Crippen molar-refractivity contribution < 1.29 is 9.72 Å². The number of anilines is 2. The number of aryl methyl sites for hydroxylation is 3. The number of thiophene rings is 1. The average Bonchev–Trinajstić information content (AvgIpc) is 2.90. The second kappa shape index (κ2) is 6.54. The highest BCUT2D eigenvalue weighted by molar-refractivity contribution is 7.21. The zero-order chi connectivity index (χ0) is 19.2. The molecule has 0 saturated carbocycles. The Bertz CT molecular complexity index is 1080. The van der Waals surface area contributed by atoms with E-state index >= 15 is 0 Å². The van der Waals surface area contributed by atoms with Crippen molar-refractivity contribution in [1.82, 2.24) is 4.98 Å². The second-order valence-electron chi connectivity index (χ2n) is 5.84. The molecule has 26 heavy (non-hydrogen) atoms. The molecule has 0 bridgehead atoms. The number of nitrogens with zero attached hydrogens (tertiary/aromatic N) is 2. The van der Waals surface area contributed by atoms with Gasteiger partial charge in [-0.2, -0.15) is 0 Å². The van der Waals surface area contributed by atoms with Crippen LogP contribution in [0.4, 0.5) is 17.1 Å². The zero-order valence-corrected chi connectivity index (χ0v) is 15.8. The maximum absolute atomic E-state index is 12.7. The van der Waals surface area contributed by atoms with Crippen LogP contribution in [-0.4, -0.2) is 15.8 Å². The van der Waals surface area contributed by atoms with E-state index < -0.39 is 10.8 Å². The number of aromatic nitrogens is 1. The Balaban J connectivity index is 2.09. The van der Waals surface area contributed by atoms with E-state index in [2.05, 4.69) is 10.3 Å². The van der Waals surface area contributed by atoms with Gasteiger partial charge in [0.05, 0.1) is 21.3 Å². The summed E-state index contributed by atoms with van der Waals surface area (Å²) in [5.74, 6) is -0.518. The molecule has 1 amide bonds. The number of para-hydroxylation sites is 1. The summed E-state index contributed by atoms with van der Waals surface area (Å²) >= 11 is 7.37. The first-order valence-corrected chi connectivity index (χ1v) is 8.81. The van der Waals surface area contributed by atoms with Gasteiger partial charge in [-0.25, -0.2) is 4.98 Å². The Kier molecular flexibility index (Phi) is 4.55. The summed E-state index contributed by atoms with van der Waals surface area (Å²) in [6.45, 7) is 5.28. The number of nitrogens with one attached hydrogen (secondary N) is 1. The Morgan fingerprint density at radius 3 is 2.69 bits per heavy atom. The lowest BCUT2D eigenvalue weighted by molar-refractivity contribution is -0.383. The molecule has 0 atom stereocenters. The van der Waals surface area contributed by atoms with E-state index in [1.165, 1.54) is 6.07 Å². The van der Waals surface area contributed by atoms with Gasteiger partial charge in [0, 0.05) is 11.5 Å². The van der Waals surface area contributed by atoms with Gasteiger partial charge in [-0.15, -0.1) is 11.3 Å². The van der Waals surface area contributed by atoms with Gasteiger partial charge in [-0.3, -0.25) is 14.9 Å². The van der Waals surface area contributed by atoms with Crippen molar-refractivity contribution in [2.45, 2.75) is 20.8 Å². The number of nitro groups is 1. The van der Waals surface area contributed by atoms with Crippen LogP contribution in [0.15, 0.2) is 18.2 Å². The molecule has 134 valence electrons. The van der Waals surface area contributed by atoms with Gasteiger partial charge < -0.3 is 11.1 Å². The van der Waals surface area contributed by atoms with E-state index in [-0.39, 0.29) is 21.9 Å². The van der Waals surface area contributed by atoms with Crippen LogP contribution < -0.4 is 11.1 Å². The molecule has 0 aliphatic carbocycles. The largest absolute Gasteiger partial charge is 0.397 e. The Labute approximate surface area is 157 Å². The fourth-order valence-corrected chi connectivity index (χ4v) is 3.99. The Morgan fingerprint density at radius 2 is 2.04 bits per heavy atom. The maximum Gasteiger partial charge on any atom is 0.293 e. The highest BCUT2D eigenvalue weighted by Gasteiger charge is 2.24. The molecule has 3 rings (SSSR count). The molecule has 0 aliphatic rings. The molecule has 0 unspecified atom stereocenters. The van der Waals surface area contributed by atoms with Crippen molar-refractivity contribution in [2.24, 2.45) is 0 Å². The number of pyridine rings is 1. The maximum atomic E-state index is 12.7. The second-order valence-corrected chi connectivity index (χ2v) is 7.22. The fourth-order valence-electron chi connectivity index (χ4n) is 2.76. The van der Waals surface area contributed by atoms with E-state index in [0.717, 1.165) is 16.9 Å². The number of nitrogens with two attached hydrogens (primary N) is 1. The van der Waals surface area contributed by atoms with Crippen LogP contribution in [-0.2, 0) is 0 Å². The van der Waals surface area contributed by atoms with E-state index in [9.17, 15) is 14.9 Å². The number of carbonyl (C=O) groups excluding carboxylic acids is 1. The van der Waals surface area contributed by atoms with E-state index in [1.54, 1.807) is 26.0 Å². The molecule has 3 N–H and O–H groups in total. The number of nitro benzene ring substituents is 1. The number of carbonyl (C=O) groups is 1. The molecule has 2 heterocycles. The van der Waals surface area contributed by atoms with Crippen molar-refractivity contribution in [2.75, 3.05) is 11.1 Å². The van der Waals surface area contributed by atoms with Crippen LogP contribution in [0.1, 0.15) is 26.5 Å². The molecule has 0 radical (unpaired) electrons. The van der Waals surface area contributed by atoms with Crippen molar-refractivity contribution in [3.05, 3.63) is 55.0 Å². The normalized spacial score (nSPS) is 10.9. The molecule has 1 aromatic carbocycles. The molecule has 7 nitrogen and oxygen atoms in total. The van der Waals surface area contributed by atoms with Crippen LogP contribution in [0.25, 0.3) is 10.2 Å². The quantitative estimate of drug-likeness (QED) is 0.500. The standard InChI is InChI=1S/C17H15ClN4O3S/c1-7-5-4-6-10(22(24)25)14(7)21-16(23)15-13(19)11-8(2)12(18)9(3)20-17(11)26-15/h4-6H,19H2,1-3H3,(H,21,23). The molecule has 0 fully saturated rings. The number of fused-ring (bicyclic) bond motifs is 1. The van der Waals surface area contributed by atoms with Crippen LogP contribution in [0.5, 0.6) is 0 Å². The van der Waals surface area contributed by atoms with Crippen molar-refractivity contribution in [1.29, 1.82) is 0 Å². The van der Waals surface area contributed by atoms with E-state index in [0.29, 0.717) is 26.5 Å². The number of amides is 1. The topological polar surface area (TPSA) is 111 Å². The van der Waals surface area contributed by atoms with Crippen molar-refractivity contribution >= 4 is 56.1 Å². The highest BCUT2D eigenvalue weighted by Crippen LogP contribution is 2.39. The SMILES string of the molecule is Cc1cccc([N+](=O)[O-])c1NC(=O)c1sc2nc(C)c(Cl)c(C)c2c1N. The summed E-state index contributed by atoms with van der Waals surface area (Å²) in [5, 5.41) is 15.0. The highest BCUT2D eigenvalue weighted by atomic mass is 35.5. The monoisotopic (exact) mass is 390 g/mol. The van der Waals surface area contributed by atoms with Crippen LogP contribution >= 0.6 is 22.9 Å². The zero-order valence-electron chi connectivity index (χ0n) is 14.2. The van der Waals surface area contributed by atoms with Crippen LogP contribution in [0, 0.1) is 30.9 Å². The number of hydrogen-bond donors (Lipinski definition) is 2. The number of rotatable bonds is 3. The Hall–Kier alpha value is -2.71. The summed E-state index contributed by atoms with van der Waals surface area (Å²) in [7, 11) is 0. The lowest BCUT2D eigenvalue weighted by Gasteiger charge is -2.08. The molecule has 2 aromatic heterocycles. The first kappa shape index (κ1) is 18.1. The molecule has 0 spiro atoms. The predicted molar refractivity (Wildman–Crippen MR) is 104 cm³/mol. The lowest BCUT2D eigenvalue weighted by Crippen LogP contribution is -2.14. The van der Waals surface area contributed by atoms with Gasteiger partial charge in [0.2, 0.25) is 0 Å². The number of halogens is 1. The van der Waals surface area contributed by atoms with Gasteiger partial charge >= 0.3 is 0 Å². The molecule has 3 aromatic rings. The van der Waals surface area contributed by atoms with Gasteiger partial charge in [0.25, 0.3) is 11.6 Å². The Morgan fingerprint density at radius 1 is 1.35 bits per heavy atom. The summed E-state index contributed by atoms with van der Waals surface area (Å²) < 4.78 is 0. The number of benzene rings is 1. The smallest absolute Gasteiger partial charge is 0.293 e. The molecule has 9 heteroatoms. The first-order chi connectivity index (χ1) is 12.2.